The number of rotatable bonds is 4. The fourth-order valence-corrected chi connectivity index (χ4v) is 4.32. The molecule has 1 saturated carbocycles. The normalized spacial score (nSPS) is 27.4. The smallest absolute Gasteiger partial charge is 0.192 e. The van der Waals surface area contributed by atoms with E-state index in [1.165, 1.54) is 0 Å². The molecule has 0 radical (unpaired) electrons. The zero-order chi connectivity index (χ0) is 14.9. The van der Waals surface area contributed by atoms with Gasteiger partial charge in [0.05, 0.1) is 6.10 Å². The molecule has 1 rings (SSSR count). The maximum absolute atomic E-state index is 12.3. The van der Waals surface area contributed by atoms with Crippen LogP contribution in [0.5, 0.6) is 0 Å². The van der Waals surface area contributed by atoms with Crippen LogP contribution in [0.2, 0.25) is 18.1 Å². The van der Waals surface area contributed by atoms with E-state index in [9.17, 15) is 4.79 Å². The first-order valence-corrected chi connectivity index (χ1v) is 10.7. The third-order valence-electron chi connectivity index (χ3n) is 4.78. The molecule has 0 unspecified atom stereocenters. The quantitative estimate of drug-likeness (QED) is 0.545. The molecule has 0 amide bonds. The van der Waals surface area contributed by atoms with Gasteiger partial charge in [-0.1, -0.05) is 34.1 Å². The third-order valence-corrected chi connectivity index (χ3v) is 9.91. The molecule has 0 heterocycles. The summed E-state index contributed by atoms with van der Waals surface area (Å²) in [5.41, 5.74) is 0. The van der Waals surface area contributed by atoms with Gasteiger partial charge in [-0.05, 0) is 37.4 Å². The Hall–Kier alpha value is 0.137. The summed E-state index contributed by atoms with van der Waals surface area (Å²) in [5, 5.41) is 0.144. The summed E-state index contributed by atoms with van der Waals surface area (Å²) in [6, 6.07) is 0. The van der Waals surface area contributed by atoms with E-state index >= 15 is 0 Å². The summed E-state index contributed by atoms with van der Waals surface area (Å²) in [4.78, 5) is 11.5. The van der Waals surface area contributed by atoms with Gasteiger partial charge in [-0.2, -0.15) is 0 Å². The van der Waals surface area contributed by atoms with E-state index in [4.69, 9.17) is 16.0 Å². The van der Waals surface area contributed by atoms with Crippen LogP contribution in [0.15, 0.2) is 0 Å². The van der Waals surface area contributed by atoms with Crippen molar-refractivity contribution in [3.8, 4) is 0 Å². The Morgan fingerprint density at radius 3 is 2.37 bits per heavy atom. The lowest BCUT2D eigenvalue weighted by Gasteiger charge is -2.44. The van der Waals surface area contributed by atoms with Crippen LogP contribution < -0.4 is 0 Å². The summed E-state index contributed by atoms with van der Waals surface area (Å²) in [6.45, 7) is 13.2. The molecule has 19 heavy (non-hydrogen) atoms. The standard InChI is InChI=1S/C15H29ClO2Si/c1-7-13(18-19(5,6)14(2,3)4)15(16)11-9-8-10-12(15)17/h13H,7-11H2,1-6H3/t13-,15+/m0/s1. The Balaban J connectivity index is 2.92. The van der Waals surface area contributed by atoms with Gasteiger partial charge in [0.1, 0.15) is 4.87 Å². The molecule has 2 nitrogen and oxygen atoms in total. The average molecular weight is 305 g/mol. The van der Waals surface area contributed by atoms with Crippen molar-refractivity contribution in [1.82, 2.24) is 0 Å². The molecule has 0 aliphatic heterocycles. The second-order valence-electron chi connectivity index (χ2n) is 7.27. The summed E-state index contributed by atoms with van der Waals surface area (Å²) in [6.07, 6.45) is 4.06. The highest BCUT2D eigenvalue weighted by Crippen LogP contribution is 2.43. The van der Waals surface area contributed by atoms with Gasteiger partial charge in [0.2, 0.25) is 0 Å². The highest BCUT2D eigenvalue weighted by molar-refractivity contribution is 6.74. The fourth-order valence-electron chi connectivity index (χ4n) is 2.39. The van der Waals surface area contributed by atoms with Crippen LogP contribution in [0.1, 0.15) is 59.8 Å². The van der Waals surface area contributed by atoms with Crippen molar-refractivity contribution in [2.45, 2.75) is 88.9 Å². The maximum atomic E-state index is 12.3. The summed E-state index contributed by atoms with van der Waals surface area (Å²) < 4.78 is 6.45. The predicted octanol–water partition coefficient (Wildman–Crippen LogP) is 4.91. The molecule has 1 fully saturated rings. The number of hydrogen-bond acceptors (Lipinski definition) is 2. The summed E-state index contributed by atoms with van der Waals surface area (Å²) in [7, 11) is -1.89. The molecular formula is C15H29ClO2Si. The van der Waals surface area contributed by atoms with Gasteiger partial charge >= 0.3 is 0 Å². The predicted molar refractivity (Wildman–Crippen MR) is 84.4 cm³/mol. The van der Waals surface area contributed by atoms with Crippen LogP contribution in [0.25, 0.3) is 0 Å². The SMILES string of the molecule is CC[C@H](O[Si](C)(C)C(C)(C)C)[C@@]1(Cl)CCCCC1=O. The van der Waals surface area contributed by atoms with Crippen LogP contribution >= 0.6 is 11.6 Å². The number of ketones is 1. The molecule has 0 saturated heterocycles. The van der Waals surface area contributed by atoms with Crippen LogP contribution in [0.3, 0.4) is 0 Å². The molecule has 0 aromatic carbocycles. The lowest BCUT2D eigenvalue weighted by molar-refractivity contribution is -0.126. The van der Waals surface area contributed by atoms with Gasteiger partial charge in [0.25, 0.3) is 0 Å². The Bertz CT molecular complexity index is 336. The van der Waals surface area contributed by atoms with Gasteiger partial charge in [-0.15, -0.1) is 11.6 Å². The highest BCUT2D eigenvalue weighted by atomic mass is 35.5. The van der Waals surface area contributed by atoms with Crippen LogP contribution in [0.4, 0.5) is 0 Å². The maximum Gasteiger partial charge on any atom is 0.192 e. The van der Waals surface area contributed by atoms with Crippen molar-refractivity contribution >= 4 is 25.7 Å². The van der Waals surface area contributed by atoms with Crippen LogP contribution in [-0.4, -0.2) is 25.1 Å². The summed E-state index contributed by atoms with van der Waals surface area (Å²) >= 11 is 6.70. The second kappa shape index (κ2) is 5.86. The topological polar surface area (TPSA) is 26.3 Å². The van der Waals surface area contributed by atoms with Crippen LogP contribution in [0, 0.1) is 0 Å². The Labute approximate surface area is 124 Å². The minimum atomic E-state index is -1.89. The van der Waals surface area contributed by atoms with E-state index in [-0.39, 0.29) is 16.9 Å². The van der Waals surface area contributed by atoms with E-state index in [1.807, 2.05) is 0 Å². The van der Waals surface area contributed by atoms with E-state index in [0.717, 1.165) is 25.7 Å². The second-order valence-corrected chi connectivity index (χ2v) is 12.7. The Morgan fingerprint density at radius 2 is 1.95 bits per heavy atom. The van der Waals surface area contributed by atoms with Crippen molar-refractivity contribution in [2.75, 3.05) is 0 Å². The zero-order valence-electron chi connectivity index (χ0n) is 13.3. The lowest BCUT2D eigenvalue weighted by Crippen LogP contribution is -2.54. The van der Waals surface area contributed by atoms with Crippen molar-refractivity contribution in [3.63, 3.8) is 0 Å². The van der Waals surface area contributed by atoms with Crippen molar-refractivity contribution in [3.05, 3.63) is 0 Å². The first-order valence-electron chi connectivity index (χ1n) is 7.44. The third kappa shape index (κ3) is 3.62. The first-order chi connectivity index (χ1) is 8.54. The fraction of sp³-hybridized carbons (Fsp3) is 0.933. The van der Waals surface area contributed by atoms with Crippen molar-refractivity contribution < 1.29 is 9.22 Å². The van der Waals surface area contributed by atoms with Gasteiger partial charge in [0, 0.05) is 6.42 Å². The molecule has 0 bridgehead atoms. The minimum Gasteiger partial charge on any atom is -0.412 e. The monoisotopic (exact) mass is 304 g/mol. The molecular weight excluding hydrogens is 276 g/mol. The number of hydrogen-bond donors (Lipinski definition) is 0. The summed E-state index contributed by atoms with van der Waals surface area (Å²) in [5.74, 6) is 0.186. The van der Waals surface area contributed by atoms with E-state index < -0.39 is 13.2 Å². The molecule has 1 aliphatic rings. The minimum absolute atomic E-state index is 0.136. The number of carbonyl (C=O) groups is 1. The molecule has 1 aliphatic carbocycles. The van der Waals surface area contributed by atoms with Gasteiger partial charge < -0.3 is 4.43 Å². The number of Topliss-reactive ketones (excluding diaryl/α,β-unsaturated/α-hetero) is 1. The van der Waals surface area contributed by atoms with Crippen LogP contribution in [-0.2, 0) is 9.22 Å². The molecule has 2 atom stereocenters. The Morgan fingerprint density at radius 1 is 1.37 bits per heavy atom. The molecule has 0 aromatic heterocycles. The van der Waals surface area contributed by atoms with Crippen molar-refractivity contribution in [2.24, 2.45) is 0 Å². The Kier molecular flexibility index (Phi) is 5.31. The van der Waals surface area contributed by atoms with Gasteiger partial charge in [0.15, 0.2) is 14.1 Å². The molecule has 0 aromatic rings. The first kappa shape index (κ1) is 17.2. The number of alkyl halides is 1. The molecule has 0 N–H and O–H groups in total. The zero-order valence-corrected chi connectivity index (χ0v) is 15.1. The molecule has 112 valence electrons. The lowest BCUT2D eigenvalue weighted by atomic mass is 9.82. The van der Waals surface area contributed by atoms with E-state index in [0.29, 0.717) is 6.42 Å². The number of carbonyl (C=O) groups excluding carboxylic acids is 1. The van der Waals surface area contributed by atoms with E-state index in [1.54, 1.807) is 0 Å². The molecule has 4 heteroatoms. The van der Waals surface area contributed by atoms with Gasteiger partial charge in [-0.3, -0.25) is 4.79 Å². The average Bonchev–Trinajstić information content (AvgIpc) is 2.28. The van der Waals surface area contributed by atoms with Crippen molar-refractivity contribution in [1.29, 1.82) is 0 Å². The molecule has 0 spiro atoms. The largest absolute Gasteiger partial charge is 0.412 e. The van der Waals surface area contributed by atoms with E-state index in [2.05, 4.69) is 40.8 Å². The number of halogens is 1. The highest BCUT2D eigenvalue weighted by Gasteiger charge is 2.49. The van der Waals surface area contributed by atoms with Gasteiger partial charge in [-0.25, -0.2) is 0 Å².